The van der Waals surface area contributed by atoms with E-state index in [-0.39, 0.29) is 29.8 Å². The minimum Gasteiger partial charge on any atom is -0.494 e. The summed E-state index contributed by atoms with van der Waals surface area (Å²) in [5.41, 5.74) is 3.05. The van der Waals surface area contributed by atoms with E-state index >= 15 is 0 Å². The highest BCUT2D eigenvalue weighted by Gasteiger charge is 2.06. The summed E-state index contributed by atoms with van der Waals surface area (Å²) >= 11 is 0. The Bertz CT molecular complexity index is 926. The number of H-pyrrole nitrogens is 1. The average molecular weight is 496 g/mol. The molecule has 0 saturated heterocycles. The van der Waals surface area contributed by atoms with E-state index in [0.717, 1.165) is 46.7 Å². The summed E-state index contributed by atoms with van der Waals surface area (Å²) in [5, 5.41) is 7.67. The standard InChI is InChI=1S/C21H25FN4O.HI/c1-3-27-20-7-5-4-6-16(20)14-26-21(23-2)24-11-10-15-13-25-19-12-17(22)8-9-18(15)19;/h4-9,12-13,25H,3,10-11,14H2,1-2H3,(H2,23,24,26);1H. The van der Waals surface area contributed by atoms with Crippen molar-refractivity contribution in [2.24, 2.45) is 4.99 Å². The minimum atomic E-state index is -0.231. The lowest BCUT2D eigenvalue weighted by atomic mass is 10.1. The number of hydrogen-bond donors (Lipinski definition) is 3. The number of fused-ring (bicyclic) bond motifs is 1. The predicted octanol–water partition coefficient (Wildman–Crippen LogP) is 4.23. The van der Waals surface area contributed by atoms with Crippen molar-refractivity contribution < 1.29 is 9.13 Å². The molecule has 0 unspecified atom stereocenters. The van der Waals surface area contributed by atoms with Gasteiger partial charge in [-0.2, -0.15) is 0 Å². The number of ether oxygens (including phenoxy) is 1. The molecule has 0 aliphatic heterocycles. The Hall–Kier alpha value is -2.29. The molecule has 7 heteroatoms. The maximum absolute atomic E-state index is 13.3. The number of rotatable bonds is 7. The van der Waals surface area contributed by atoms with Crippen LogP contribution in [0.1, 0.15) is 18.1 Å². The topological polar surface area (TPSA) is 61.4 Å². The molecule has 5 nitrogen and oxygen atoms in total. The summed E-state index contributed by atoms with van der Waals surface area (Å²) in [4.78, 5) is 7.39. The molecule has 0 spiro atoms. The molecule has 3 aromatic rings. The normalized spacial score (nSPS) is 11.2. The molecule has 150 valence electrons. The number of aromatic nitrogens is 1. The lowest BCUT2D eigenvalue weighted by Crippen LogP contribution is -2.37. The van der Waals surface area contributed by atoms with Crippen molar-refractivity contribution >= 4 is 40.8 Å². The van der Waals surface area contributed by atoms with Gasteiger partial charge in [0.25, 0.3) is 0 Å². The van der Waals surface area contributed by atoms with Gasteiger partial charge in [-0.25, -0.2) is 4.39 Å². The lowest BCUT2D eigenvalue weighted by Gasteiger charge is -2.14. The second-order valence-corrected chi connectivity index (χ2v) is 6.15. The summed E-state index contributed by atoms with van der Waals surface area (Å²) < 4.78 is 18.9. The zero-order valence-electron chi connectivity index (χ0n) is 16.1. The van der Waals surface area contributed by atoms with E-state index < -0.39 is 0 Å². The fraction of sp³-hybridized carbons (Fsp3) is 0.286. The molecular formula is C21H26FIN4O. The molecule has 0 aliphatic rings. The van der Waals surface area contributed by atoms with Crippen LogP contribution >= 0.6 is 24.0 Å². The predicted molar refractivity (Wildman–Crippen MR) is 123 cm³/mol. The highest BCUT2D eigenvalue weighted by molar-refractivity contribution is 14.0. The Labute approximate surface area is 181 Å². The first-order valence-corrected chi connectivity index (χ1v) is 9.12. The van der Waals surface area contributed by atoms with Crippen molar-refractivity contribution in [1.29, 1.82) is 0 Å². The van der Waals surface area contributed by atoms with E-state index in [2.05, 4.69) is 20.6 Å². The Morgan fingerprint density at radius 1 is 1.14 bits per heavy atom. The summed E-state index contributed by atoms with van der Waals surface area (Å²) in [5.74, 6) is 1.38. The van der Waals surface area contributed by atoms with Crippen molar-refractivity contribution in [1.82, 2.24) is 15.6 Å². The number of halogens is 2. The third-order valence-corrected chi connectivity index (χ3v) is 4.36. The summed E-state index contributed by atoms with van der Waals surface area (Å²) in [6.07, 6.45) is 2.74. The Balaban J connectivity index is 0.00000280. The molecule has 0 amide bonds. The van der Waals surface area contributed by atoms with Crippen LogP contribution in [-0.2, 0) is 13.0 Å². The van der Waals surface area contributed by atoms with E-state index in [4.69, 9.17) is 4.74 Å². The Morgan fingerprint density at radius 3 is 2.75 bits per heavy atom. The van der Waals surface area contributed by atoms with Gasteiger partial charge in [-0.3, -0.25) is 4.99 Å². The highest BCUT2D eigenvalue weighted by atomic mass is 127. The molecule has 0 radical (unpaired) electrons. The SMILES string of the molecule is CCOc1ccccc1CNC(=NC)NCCc1c[nH]c2cc(F)ccc12.I. The van der Waals surface area contributed by atoms with E-state index in [1.54, 1.807) is 7.05 Å². The van der Waals surface area contributed by atoms with Crippen LogP contribution in [0.2, 0.25) is 0 Å². The van der Waals surface area contributed by atoms with Crippen molar-refractivity contribution in [3.63, 3.8) is 0 Å². The van der Waals surface area contributed by atoms with Crippen LogP contribution in [0.3, 0.4) is 0 Å². The quantitative estimate of drug-likeness (QED) is 0.261. The van der Waals surface area contributed by atoms with Crippen LogP contribution in [0.25, 0.3) is 10.9 Å². The van der Waals surface area contributed by atoms with Crippen molar-refractivity contribution in [3.8, 4) is 5.75 Å². The number of benzene rings is 2. The van der Waals surface area contributed by atoms with Gasteiger partial charge in [-0.1, -0.05) is 18.2 Å². The van der Waals surface area contributed by atoms with Gasteiger partial charge < -0.3 is 20.4 Å². The number of aromatic amines is 1. The van der Waals surface area contributed by atoms with Gasteiger partial charge >= 0.3 is 0 Å². The van der Waals surface area contributed by atoms with Gasteiger partial charge in [0.1, 0.15) is 11.6 Å². The monoisotopic (exact) mass is 496 g/mol. The molecule has 3 rings (SSSR count). The van der Waals surface area contributed by atoms with Gasteiger partial charge in [-0.05, 0) is 43.2 Å². The minimum absolute atomic E-state index is 0. The Morgan fingerprint density at radius 2 is 1.96 bits per heavy atom. The molecule has 1 aromatic heterocycles. The van der Waals surface area contributed by atoms with Crippen LogP contribution < -0.4 is 15.4 Å². The van der Waals surface area contributed by atoms with Crippen LogP contribution in [-0.4, -0.2) is 31.1 Å². The lowest BCUT2D eigenvalue weighted by molar-refractivity contribution is 0.336. The second-order valence-electron chi connectivity index (χ2n) is 6.15. The van der Waals surface area contributed by atoms with E-state index in [0.29, 0.717) is 13.2 Å². The highest BCUT2D eigenvalue weighted by Crippen LogP contribution is 2.19. The smallest absolute Gasteiger partial charge is 0.191 e. The maximum Gasteiger partial charge on any atom is 0.191 e. The number of para-hydroxylation sites is 1. The summed E-state index contributed by atoms with van der Waals surface area (Å²) in [7, 11) is 1.75. The van der Waals surface area contributed by atoms with Crippen molar-refractivity contribution in [2.45, 2.75) is 19.9 Å². The molecule has 3 N–H and O–H groups in total. The van der Waals surface area contributed by atoms with E-state index in [9.17, 15) is 4.39 Å². The molecule has 0 aliphatic carbocycles. The van der Waals surface area contributed by atoms with Crippen molar-refractivity contribution in [3.05, 3.63) is 65.6 Å². The number of nitrogens with one attached hydrogen (secondary N) is 3. The average Bonchev–Trinajstić information content (AvgIpc) is 3.07. The number of aliphatic imine (C=N–C) groups is 1. The molecule has 0 fully saturated rings. The zero-order chi connectivity index (χ0) is 19.1. The maximum atomic E-state index is 13.3. The van der Waals surface area contributed by atoms with Gasteiger partial charge in [-0.15, -0.1) is 24.0 Å². The third-order valence-electron chi connectivity index (χ3n) is 4.36. The van der Waals surface area contributed by atoms with Crippen molar-refractivity contribution in [2.75, 3.05) is 20.2 Å². The molecule has 2 aromatic carbocycles. The van der Waals surface area contributed by atoms with Crippen LogP contribution in [0, 0.1) is 5.82 Å². The largest absolute Gasteiger partial charge is 0.494 e. The van der Waals surface area contributed by atoms with Gasteiger partial charge in [0.15, 0.2) is 5.96 Å². The van der Waals surface area contributed by atoms with Gasteiger partial charge in [0, 0.05) is 42.8 Å². The molecule has 0 bridgehead atoms. The first-order chi connectivity index (χ1) is 13.2. The number of guanidine groups is 1. The molecule has 0 saturated carbocycles. The van der Waals surface area contributed by atoms with Crippen LogP contribution in [0.4, 0.5) is 4.39 Å². The van der Waals surface area contributed by atoms with Crippen LogP contribution in [0.5, 0.6) is 5.75 Å². The fourth-order valence-corrected chi connectivity index (χ4v) is 3.03. The third kappa shape index (κ3) is 5.60. The van der Waals surface area contributed by atoms with Crippen LogP contribution in [0.15, 0.2) is 53.7 Å². The summed E-state index contributed by atoms with van der Waals surface area (Å²) in [6.45, 7) is 3.96. The number of nitrogens with zero attached hydrogens (tertiary/aromatic N) is 1. The molecule has 0 atom stereocenters. The zero-order valence-corrected chi connectivity index (χ0v) is 18.4. The van der Waals surface area contributed by atoms with Gasteiger partial charge in [0.2, 0.25) is 0 Å². The van der Waals surface area contributed by atoms with Gasteiger partial charge in [0.05, 0.1) is 6.61 Å². The van der Waals surface area contributed by atoms with E-state index in [1.807, 2.05) is 43.5 Å². The van der Waals surface area contributed by atoms with E-state index in [1.165, 1.54) is 12.1 Å². The number of hydrogen-bond acceptors (Lipinski definition) is 2. The first-order valence-electron chi connectivity index (χ1n) is 9.12. The summed E-state index contributed by atoms with van der Waals surface area (Å²) in [6, 6.07) is 12.8. The Kier molecular flexibility index (Phi) is 8.56. The fourth-order valence-electron chi connectivity index (χ4n) is 3.03. The molecule has 1 heterocycles. The first kappa shape index (κ1) is 22.0. The molecule has 28 heavy (non-hydrogen) atoms. The molecular weight excluding hydrogens is 470 g/mol. The second kappa shape index (κ2) is 10.9.